The molecule has 112 valence electrons. The largest absolute Gasteiger partial charge is 0.324 e. The summed E-state index contributed by atoms with van der Waals surface area (Å²) in [5.74, 6) is 1.86. The van der Waals surface area contributed by atoms with Crippen LogP contribution in [0, 0.1) is 18.8 Å². The molecule has 1 aromatic heterocycles. The summed E-state index contributed by atoms with van der Waals surface area (Å²) in [4.78, 5) is 14.3. The van der Waals surface area contributed by atoms with Gasteiger partial charge in [0.15, 0.2) is 0 Å². The predicted molar refractivity (Wildman–Crippen MR) is 80.7 cm³/mol. The third-order valence-electron chi connectivity index (χ3n) is 4.49. The molecular weight excluding hydrogens is 252 g/mol. The second-order valence-electron chi connectivity index (χ2n) is 6.21. The van der Waals surface area contributed by atoms with Crippen LogP contribution in [0.5, 0.6) is 0 Å². The summed E-state index contributed by atoms with van der Waals surface area (Å²) in [6.45, 7) is 6.42. The molecule has 20 heavy (non-hydrogen) atoms. The van der Waals surface area contributed by atoms with E-state index < -0.39 is 0 Å². The first-order valence-corrected chi connectivity index (χ1v) is 7.44. The lowest BCUT2D eigenvalue weighted by Crippen LogP contribution is -2.48. The highest BCUT2D eigenvalue weighted by molar-refractivity contribution is 5.88. The van der Waals surface area contributed by atoms with Gasteiger partial charge in [0.05, 0.1) is 5.69 Å². The van der Waals surface area contributed by atoms with Gasteiger partial charge in [-0.25, -0.2) is 4.79 Å². The van der Waals surface area contributed by atoms with Gasteiger partial charge in [-0.05, 0) is 31.6 Å². The maximum atomic E-state index is 12.4. The van der Waals surface area contributed by atoms with Crippen molar-refractivity contribution >= 4 is 11.8 Å². The zero-order chi connectivity index (χ0) is 14.9. The van der Waals surface area contributed by atoms with Crippen LogP contribution in [0.4, 0.5) is 10.6 Å². The minimum Gasteiger partial charge on any atom is -0.324 e. The van der Waals surface area contributed by atoms with Gasteiger partial charge in [-0.1, -0.05) is 20.3 Å². The average Bonchev–Trinajstić information content (AvgIpc) is 2.67. The van der Waals surface area contributed by atoms with Crippen LogP contribution >= 0.6 is 0 Å². The Kier molecular flexibility index (Phi) is 4.35. The highest BCUT2D eigenvalue weighted by atomic mass is 16.2. The fraction of sp³-hybridized carbons (Fsp3) is 0.733. The van der Waals surface area contributed by atoms with Crippen molar-refractivity contribution in [1.82, 2.24) is 14.7 Å². The average molecular weight is 278 g/mol. The van der Waals surface area contributed by atoms with E-state index in [4.69, 9.17) is 0 Å². The lowest BCUT2D eigenvalue weighted by molar-refractivity contribution is 0.115. The van der Waals surface area contributed by atoms with Crippen LogP contribution in [-0.4, -0.2) is 33.8 Å². The van der Waals surface area contributed by atoms with Gasteiger partial charge in [-0.15, -0.1) is 0 Å². The van der Waals surface area contributed by atoms with E-state index in [0.717, 1.165) is 11.5 Å². The van der Waals surface area contributed by atoms with Gasteiger partial charge in [0.25, 0.3) is 0 Å². The summed E-state index contributed by atoms with van der Waals surface area (Å²) in [6, 6.07) is 2.16. The molecule has 0 spiro atoms. The summed E-state index contributed by atoms with van der Waals surface area (Å²) < 4.78 is 1.70. The number of aryl methyl sites for hydroxylation is 2. The van der Waals surface area contributed by atoms with Gasteiger partial charge in [0.1, 0.15) is 5.82 Å². The first-order chi connectivity index (χ1) is 9.40. The Balaban J connectivity index is 2.06. The van der Waals surface area contributed by atoms with Crippen LogP contribution in [0.2, 0.25) is 0 Å². The van der Waals surface area contributed by atoms with Crippen molar-refractivity contribution in [1.29, 1.82) is 0 Å². The monoisotopic (exact) mass is 278 g/mol. The van der Waals surface area contributed by atoms with Crippen LogP contribution in [0.1, 0.15) is 38.8 Å². The molecule has 0 radical (unpaired) electrons. The first kappa shape index (κ1) is 14.9. The van der Waals surface area contributed by atoms with Crippen LogP contribution in [0.25, 0.3) is 0 Å². The number of rotatable bonds is 2. The standard InChI is InChI=1S/C15H26N4O/c1-10-7-6-8-11(2)14(10)18(4)15(20)16-13-9-12(3)17-19(13)5/h9-11,14H,6-8H2,1-5H3,(H,16,20)/t10-,11-/m1/s1. The molecule has 1 aromatic rings. The van der Waals surface area contributed by atoms with Crippen molar-refractivity contribution in [2.75, 3.05) is 12.4 Å². The molecule has 1 aliphatic carbocycles. The number of nitrogens with zero attached hydrogens (tertiary/aromatic N) is 3. The molecule has 0 unspecified atom stereocenters. The fourth-order valence-electron chi connectivity index (χ4n) is 3.49. The van der Waals surface area contributed by atoms with Gasteiger partial charge in [0, 0.05) is 26.2 Å². The lowest BCUT2D eigenvalue weighted by Gasteiger charge is -2.40. The number of aromatic nitrogens is 2. The molecule has 0 bridgehead atoms. The number of anilines is 1. The van der Waals surface area contributed by atoms with E-state index in [-0.39, 0.29) is 6.03 Å². The summed E-state index contributed by atoms with van der Waals surface area (Å²) in [5, 5.41) is 7.21. The summed E-state index contributed by atoms with van der Waals surface area (Å²) in [5.41, 5.74) is 0.907. The van der Waals surface area contributed by atoms with Gasteiger partial charge < -0.3 is 4.90 Å². The summed E-state index contributed by atoms with van der Waals surface area (Å²) in [6.07, 6.45) is 3.68. The minimum absolute atomic E-state index is 0.0430. The molecule has 1 aliphatic rings. The molecule has 5 nitrogen and oxygen atoms in total. The van der Waals surface area contributed by atoms with Crippen LogP contribution in [-0.2, 0) is 7.05 Å². The lowest BCUT2D eigenvalue weighted by atomic mass is 9.78. The van der Waals surface area contributed by atoms with Crippen molar-refractivity contribution in [2.24, 2.45) is 18.9 Å². The van der Waals surface area contributed by atoms with E-state index >= 15 is 0 Å². The molecule has 2 amide bonds. The van der Waals surface area contributed by atoms with E-state index in [9.17, 15) is 4.79 Å². The van der Waals surface area contributed by atoms with E-state index in [0.29, 0.717) is 17.9 Å². The normalized spacial score (nSPS) is 23.6. The Morgan fingerprint density at radius 2 is 2.00 bits per heavy atom. The Bertz CT molecular complexity index is 472. The van der Waals surface area contributed by atoms with E-state index in [1.165, 1.54) is 19.3 Å². The fourth-order valence-corrected chi connectivity index (χ4v) is 3.49. The SMILES string of the molecule is Cc1cc(NC(=O)N(C)C2[C@H](C)CCC[C@H]2C)n(C)n1. The second-order valence-corrected chi connectivity index (χ2v) is 6.21. The summed E-state index contributed by atoms with van der Waals surface area (Å²) >= 11 is 0. The highest BCUT2D eigenvalue weighted by Crippen LogP contribution is 2.32. The van der Waals surface area contributed by atoms with Crippen LogP contribution in [0.15, 0.2) is 6.07 Å². The van der Waals surface area contributed by atoms with Crippen molar-refractivity contribution < 1.29 is 4.79 Å². The zero-order valence-corrected chi connectivity index (χ0v) is 13.2. The zero-order valence-electron chi connectivity index (χ0n) is 13.2. The molecular formula is C15H26N4O. The molecule has 0 aromatic carbocycles. The van der Waals surface area contributed by atoms with Crippen molar-refractivity contribution in [3.05, 3.63) is 11.8 Å². The molecule has 2 rings (SSSR count). The Hall–Kier alpha value is -1.52. The number of hydrogen-bond donors (Lipinski definition) is 1. The maximum absolute atomic E-state index is 12.4. The maximum Gasteiger partial charge on any atom is 0.323 e. The van der Waals surface area contributed by atoms with Crippen molar-refractivity contribution in [3.63, 3.8) is 0 Å². The smallest absolute Gasteiger partial charge is 0.323 e. The van der Waals surface area contributed by atoms with Gasteiger partial charge in [0.2, 0.25) is 0 Å². The van der Waals surface area contributed by atoms with Crippen molar-refractivity contribution in [3.8, 4) is 0 Å². The third kappa shape index (κ3) is 2.97. The number of nitrogens with one attached hydrogen (secondary N) is 1. The topological polar surface area (TPSA) is 50.2 Å². The Morgan fingerprint density at radius 3 is 2.50 bits per heavy atom. The predicted octanol–water partition coefficient (Wildman–Crippen LogP) is 3.02. The van der Waals surface area contributed by atoms with Crippen LogP contribution < -0.4 is 5.32 Å². The van der Waals surface area contributed by atoms with Crippen LogP contribution in [0.3, 0.4) is 0 Å². The minimum atomic E-state index is -0.0430. The van der Waals surface area contributed by atoms with E-state index in [2.05, 4.69) is 24.3 Å². The summed E-state index contributed by atoms with van der Waals surface area (Å²) in [7, 11) is 3.75. The molecule has 0 aliphatic heterocycles. The molecule has 1 heterocycles. The second kappa shape index (κ2) is 5.85. The van der Waals surface area contributed by atoms with E-state index in [1.807, 2.05) is 32.0 Å². The van der Waals surface area contributed by atoms with E-state index in [1.54, 1.807) is 4.68 Å². The van der Waals surface area contributed by atoms with Crippen molar-refractivity contribution in [2.45, 2.75) is 46.1 Å². The number of carbonyl (C=O) groups is 1. The highest BCUT2D eigenvalue weighted by Gasteiger charge is 2.33. The molecule has 1 fully saturated rings. The molecule has 1 saturated carbocycles. The number of amides is 2. The molecule has 1 N–H and O–H groups in total. The van der Waals surface area contributed by atoms with Gasteiger partial charge >= 0.3 is 6.03 Å². The third-order valence-corrected chi connectivity index (χ3v) is 4.49. The number of urea groups is 1. The molecule has 2 atom stereocenters. The molecule has 0 saturated heterocycles. The Labute approximate surface area is 121 Å². The Morgan fingerprint density at radius 1 is 1.40 bits per heavy atom. The first-order valence-electron chi connectivity index (χ1n) is 7.44. The van der Waals surface area contributed by atoms with Gasteiger partial charge in [-0.3, -0.25) is 10.00 Å². The number of hydrogen-bond acceptors (Lipinski definition) is 2. The molecule has 5 heteroatoms. The number of carbonyl (C=O) groups excluding carboxylic acids is 1. The quantitative estimate of drug-likeness (QED) is 0.904. The van der Waals surface area contributed by atoms with Gasteiger partial charge in [-0.2, -0.15) is 5.10 Å².